The molecule has 0 aliphatic heterocycles. The van der Waals surface area contributed by atoms with Crippen LogP contribution >= 0.6 is 0 Å². The van der Waals surface area contributed by atoms with Crippen LogP contribution in [0.1, 0.15) is 37.8 Å². The third-order valence-electron chi connectivity index (χ3n) is 2.50. The van der Waals surface area contributed by atoms with Crippen molar-refractivity contribution in [2.45, 2.75) is 32.2 Å². The largest absolute Gasteiger partial charge is 0.396 e. The van der Waals surface area contributed by atoms with E-state index in [1.807, 2.05) is 6.07 Å². The zero-order valence-corrected chi connectivity index (χ0v) is 9.45. The molecule has 2 nitrogen and oxygen atoms in total. The van der Waals surface area contributed by atoms with Gasteiger partial charge in [-0.15, -0.1) is 0 Å². The molecule has 2 heteroatoms. The Labute approximate surface area is 92.3 Å². The fraction of sp³-hybridized carbons (Fsp3) is 0.538. The highest BCUT2D eigenvalue weighted by Crippen LogP contribution is 2.17. The number of benzene rings is 1. The Bertz CT molecular complexity index is 248. The predicted octanol–water partition coefficient (Wildman–Crippen LogP) is 2.50. The normalized spacial score (nSPS) is 12.7. The van der Waals surface area contributed by atoms with Crippen molar-refractivity contribution in [1.29, 1.82) is 0 Å². The van der Waals surface area contributed by atoms with Gasteiger partial charge in [-0.1, -0.05) is 43.7 Å². The van der Waals surface area contributed by atoms with Gasteiger partial charge in [-0.3, -0.25) is 0 Å². The van der Waals surface area contributed by atoms with Crippen LogP contribution in [-0.2, 0) is 0 Å². The van der Waals surface area contributed by atoms with Crippen LogP contribution in [0.15, 0.2) is 30.3 Å². The van der Waals surface area contributed by atoms with E-state index in [1.165, 1.54) is 12.0 Å². The fourth-order valence-corrected chi connectivity index (χ4v) is 1.72. The molecule has 1 atom stereocenters. The lowest BCUT2D eigenvalue weighted by molar-refractivity contribution is 0.282. The van der Waals surface area contributed by atoms with Gasteiger partial charge in [0.1, 0.15) is 0 Å². The second-order valence-electron chi connectivity index (χ2n) is 3.78. The Morgan fingerprint density at radius 2 is 2.00 bits per heavy atom. The molecule has 0 heterocycles. The number of aliphatic hydroxyl groups is 1. The second kappa shape index (κ2) is 7.43. The molecule has 84 valence electrons. The third-order valence-corrected chi connectivity index (χ3v) is 2.50. The Hall–Kier alpha value is -0.860. The van der Waals surface area contributed by atoms with Gasteiger partial charge in [-0.25, -0.2) is 0 Å². The quantitative estimate of drug-likeness (QED) is 0.673. The predicted molar refractivity (Wildman–Crippen MR) is 63.8 cm³/mol. The third kappa shape index (κ3) is 4.45. The minimum absolute atomic E-state index is 0.265. The van der Waals surface area contributed by atoms with Gasteiger partial charge < -0.3 is 10.4 Å². The Morgan fingerprint density at radius 3 is 2.60 bits per heavy atom. The van der Waals surface area contributed by atoms with Gasteiger partial charge in [0.25, 0.3) is 0 Å². The summed E-state index contributed by atoms with van der Waals surface area (Å²) in [7, 11) is 0. The molecule has 0 aliphatic rings. The van der Waals surface area contributed by atoms with Crippen molar-refractivity contribution >= 4 is 0 Å². The van der Waals surface area contributed by atoms with E-state index in [4.69, 9.17) is 5.11 Å². The van der Waals surface area contributed by atoms with Crippen LogP contribution in [0.2, 0.25) is 0 Å². The van der Waals surface area contributed by atoms with E-state index in [0.717, 1.165) is 19.4 Å². The summed E-state index contributed by atoms with van der Waals surface area (Å²) in [5.74, 6) is 0. The van der Waals surface area contributed by atoms with E-state index in [9.17, 15) is 0 Å². The van der Waals surface area contributed by atoms with Crippen LogP contribution in [0.3, 0.4) is 0 Å². The summed E-state index contributed by atoms with van der Waals surface area (Å²) in [6, 6.07) is 10.9. The second-order valence-corrected chi connectivity index (χ2v) is 3.78. The van der Waals surface area contributed by atoms with Crippen LogP contribution in [0.25, 0.3) is 0 Å². The Balaban J connectivity index is 2.50. The minimum atomic E-state index is 0.265. The molecule has 0 aliphatic carbocycles. The topological polar surface area (TPSA) is 32.3 Å². The van der Waals surface area contributed by atoms with Gasteiger partial charge >= 0.3 is 0 Å². The molecule has 15 heavy (non-hydrogen) atoms. The average molecular weight is 207 g/mol. The molecular weight excluding hydrogens is 186 g/mol. The summed E-state index contributed by atoms with van der Waals surface area (Å²) >= 11 is 0. The molecule has 0 radical (unpaired) electrons. The first kappa shape index (κ1) is 12.2. The summed E-state index contributed by atoms with van der Waals surface area (Å²) in [5.41, 5.74) is 1.34. The Kier molecular flexibility index (Phi) is 6.05. The standard InChI is InChI=1S/C13H21NO/c1-2-7-13(14-10-6-11-15)12-8-4-3-5-9-12/h3-5,8-9,13-15H,2,6-7,10-11H2,1H3/t13-/m0/s1. The van der Waals surface area contributed by atoms with Gasteiger partial charge in [0.2, 0.25) is 0 Å². The van der Waals surface area contributed by atoms with E-state index < -0.39 is 0 Å². The van der Waals surface area contributed by atoms with Gasteiger partial charge in [0.05, 0.1) is 0 Å². The smallest absolute Gasteiger partial charge is 0.0443 e. The zero-order valence-electron chi connectivity index (χ0n) is 9.45. The summed E-state index contributed by atoms with van der Waals surface area (Å²) in [6.07, 6.45) is 3.15. The SMILES string of the molecule is CCC[C@H](NCCCO)c1ccccc1. The van der Waals surface area contributed by atoms with Gasteiger partial charge in [-0.2, -0.15) is 0 Å². The highest BCUT2D eigenvalue weighted by molar-refractivity contribution is 5.18. The molecule has 0 saturated carbocycles. The van der Waals surface area contributed by atoms with Crippen molar-refractivity contribution in [3.63, 3.8) is 0 Å². The molecule has 1 rings (SSSR count). The lowest BCUT2D eigenvalue weighted by Gasteiger charge is -2.18. The Morgan fingerprint density at radius 1 is 1.27 bits per heavy atom. The van der Waals surface area contributed by atoms with Crippen molar-refractivity contribution in [2.24, 2.45) is 0 Å². The summed E-state index contributed by atoms with van der Waals surface area (Å²) in [5, 5.41) is 12.2. The molecule has 0 saturated heterocycles. The molecule has 1 aromatic carbocycles. The first-order valence-corrected chi connectivity index (χ1v) is 5.77. The fourth-order valence-electron chi connectivity index (χ4n) is 1.72. The van der Waals surface area contributed by atoms with Crippen molar-refractivity contribution in [3.05, 3.63) is 35.9 Å². The van der Waals surface area contributed by atoms with Crippen LogP contribution < -0.4 is 5.32 Å². The highest BCUT2D eigenvalue weighted by atomic mass is 16.3. The number of hydrogen-bond donors (Lipinski definition) is 2. The molecule has 0 aromatic heterocycles. The number of aliphatic hydroxyl groups excluding tert-OH is 1. The molecule has 0 amide bonds. The average Bonchev–Trinajstić information content (AvgIpc) is 2.29. The van der Waals surface area contributed by atoms with E-state index in [1.54, 1.807) is 0 Å². The molecule has 0 bridgehead atoms. The molecule has 0 unspecified atom stereocenters. The zero-order chi connectivity index (χ0) is 10.9. The van der Waals surface area contributed by atoms with Gasteiger partial charge in [0.15, 0.2) is 0 Å². The molecule has 1 aromatic rings. The monoisotopic (exact) mass is 207 g/mol. The summed E-state index contributed by atoms with van der Waals surface area (Å²) < 4.78 is 0. The number of hydrogen-bond acceptors (Lipinski definition) is 2. The van der Waals surface area contributed by atoms with Crippen LogP contribution in [0, 0.1) is 0 Å². The minimum Gasteiger partial charge on any atom is -0.396 e. The van der Waals surface area contributed by atoms with E-state index in [2.05, 4.69) is 36.5 Å². The van der Waals surface area contributed by atoms with Crippen molar-refractivity contribution in [1.82, 2.24) is 5.32 Å². The number of nitrogens with one attached hydrogen (secondary N) is 1. The van der Waals surface area contributed by atoms with Crippen molar-refractivity contribution in [2.75, 3.05) is 13.2 Å². The van der Waals surface area contributed by atoms with E-state index in [0.29, 0.717) is 6.04 Å². The summed E-state index contributed by atoms with van der Waals surface area (Å²) in [6.45, 7) is 3.35. The van der Waals surface area contributed by atoms with Crippen molar-refractivity contribution in [3.8, 4) is 0 Å². The van der Waals surface area contributed by atoms with Crippen LogP contribution in [0.4, 0.5) is 0 Å². The maximum atomic E-state index is 8.74. The lowest BCUT2D eigenvalue weighted by atomic mass is 10.0. The summed E-state index contributed by atoms with van der Waals surface area (Å²) in [4.78, 5) is 0. The van der Waals surface area contributed by atoms with E-state index in [-0.39, 0.29) is 6.61 Å². The molecular formula is C13H21NO. The molecule has 2 N–H and O–H groups in total. The first-order chi connectivity index (χ1) is 7.38. The van der Waals surface area contributed by atoms with Gasteiger partial charge in [0, 0.05) is 12.6 Å². The number of rotatable bonds is 7. The van der Waals surface area contributed by atoms with Crippen molar-refractivity contribution < 1.29 is 5.11 Å². The van der Waals surface area contributed by atoms with Gasteiger partial charge in [-0.05, 0) is 24.9 Å². The molecule has 0 spiro atoms. The highest BCUT2D eigenvalue weighted by Gasteiger charge is 2.08. The van der Waals surface area contributed by atoms with E-state index >= 15 is 0 Å². The first-order valence-electron chi connectivity index (χ1n) is 5.77. The maximum Gasteiger partial charge on any atom is 0.0443 e. The maximum absolute atomic E-state index is 8.74. The lowest BCUT2D eigenvalue weighted by Crippen LogP contribution is -2.22. The molecule has 0 fully saturated rings. The van der Waals surface area contributed by atoms with Crippen LogP contribution in [0.5, 0.6) is 0 Å². The van der Waals surface area contributed by atoms with Crippen LogP contribution in [-0.4, -0.2) is 18.3 Å².